The lowest BCUT2D eigenvalue weighted by Gasteiger charge is -2.07. The van der Waals surface area contributed by atoms with Gasteiger partial charge in [-0.05, 0) is 41.0 Å². The third-order valence-electron chi connectivity index (χ3n) is 4.15. The Morgan fingerprint density at radius 2 is 1.68 bits per heavy atom. The van der Waals surface area contributed by atoms with Gasteiger partial charge in [0.05, 0.1) is 12.8 Å². The van der Waals surface area contributed by atoms with Gasteiger partial charge in [0.25, 0.3) is 0 Å². The summed E-state index contributed by atoms with van der Waals surface area (Å²) in [7, 11) is 0. The first-order valence-corrected chi connectivity index (χ1v) is 8.51. The lowest BCUT2D eigenvalue weighted by Crippen LogP contribution is -2.05. The van der Waals surface area contributed by atoms with E-state index in [0.29, 0.717) is 17.7 Å². The molecule has 4 nitrogen and oxygen atoms in total. The van der Waals surface area contributed by atoms with E-state index in [1.165, 1.54) is 16.7 Å². The van der Waals surface area contributed by atoms with Crippen LogP contribution in [-0.2, 0) is 13.0 Å². The first kappa shape index (κ1) is 15.6. The number of aromatic nitrogens is 3. The fourth-order valence-electron chi connectivity index (χ4n) is 2.83. The molecule has 0 saturated heterocycles. The fourth-order valence-corrected chi connectivity index (χ4v) is 3.05. The summed E-state index contributed by atoms with van der Waals surface area (Å²) in [6.45, 7) is 0.583. The molecule has 0 fully saturated rings. The van der Waals surface area contributed by atoms with Crippen molar-refractivity contribution in [2.45, 2.75) is 13.0 Å². The number of hydrogen-bond donors (Lipinski definition) is 1. The highest BCUT2D eigenvalue weighted by Crippen LogP contribution is 2.20. The molecule has 2 aromatic heterocycles. The molecule has 2 heterocycles. The van der Waals surface area contributed by atoms with Gasteiger partial charge in [-0.2, -0.15) is 5.10 Å². The summed E-state index contributed by atoms with van der Waals surface area (Å²) >= 11 is 5.35. The van der Waals surface area contributed by atoms with E-state index in [9.17, 15) is 0 Å². The van der Waals surface area contributed by atoms with Gasteiger partial charge in [0, 0.05) is 6.42 Å². The maximum absolute atomic E-state index is 5.42. The molecular weight excluding hydrogens is 330 g/mol. The number of rotatable bonds is 5. The van der Waals surface area contributed by atoms with Crippen LogP contribution >= 0.6 is 12.2 Å². The summed E-state index contributed by atoms with van der Waals surface area (Å²) in [5.74, 6) is 1.76. The molecule has 0 aliphatic rings. The van der Waals surface area contributed by atoms with Gasteiger partial charge in [0.1, 0.15) is 11.6 Å². The van der Waals surface area contributed by atoms with E-state index in [-0.39, 0.29) is 0 Å². The van der Waals surface area contributed by atoms with E-state index in [0.717, 1.165) is 11.6 Å². The van der Waals surface area contributed by atoms with Crippen LogP contribution in [-0.4, -0.2) is 14.8 Å². The van der Waals surface area contributed by atoms with Crippen LogP contribution < -0.4 is 0 Å². The third-order valence-corrected chi connectivity index (χ3v) is 4.47. The van der Waals surface area contributed by atoms with Crippen LogP contribution in [0.25, 0.3) is 11.1 Å². The van der Waals surface area contributed by atoms with Crippen molar-refractivity contribution >= 4 is 12.2 Å². The maximum atomic E-state index is 5.42. The van der Waals surface area contributed by atoms with Crippen molar-refractivity contribution in [1.82, 2.24) is 14.8 Å². The Balaban J connectivity index is 1.56. The minimum Gasteiger partial charge on any atom is -0.467 e. The smallest absolute Gasteiger partial charge is 0.195 e. The number of nitrogens with zero attached hydrogens (tertiary/aromatic N) is 2. The standard InChI is InChI=1S/C20H17N3OS/c25-20-22-21-19(23(20)14-18-7-4-12-24-18)13-15-8-10-17(11-9-15)16-5-2-1-3-6-16/h1-12H,13-14H2,(H,22,25). The molecule has 4 rings (SSSR count). The zero-order valence-electron chi connectivity index (χ0n) is 13.6. The molecule has 5 heteroatoms. The average molecular weight is 347 g/mol. The van der Waals surface area contributed by atoms with Gasteiger partial charge >= 0.3 is 0 Å². The molecule has 0 atom stereocenters. The number of H-pyrrole nitrogens is 1. The molecular formula is C20H17N3OS. The quantitative estimate of drug-likeness (QED) is 0.526. The van der Waals surface area contributed by atoms with Crippen molar-refractivity contribution < 1.29 is 4.42 Å². The maximum Gasteiger partial charge on any atom is 0.195 e. The summed E-state index contributed by atoms with van der Waals surface area (Å²) in [5, 5.41) is 7.26. The minimum atomic E-state index is 0.583. The van der Waals surface area contributed by atoms with E-state index in [2.05, 4.69) is 58.7 Å². The molecule has 0 amide bonds. The number of hydrogen-bond acceptors (Lipinski definition) is 3. The van der Waals surface area contributed by atoms with Crippen LogP contribution in [0.3, 0.4) is 0 Å². The zero-order chi connectivity index (χ0) is 17.1. The van der Waals surface area contributed by atoms with Gasteiger partial charge in [-0.1, -0.05) is 54.6 Å². The molecule has 0 aliphatic heterocycles. The Kier molecular flexibility index (Phi) is 4.31. The van der Waals surface area contributed by atoms with Gasteiger partial charge in [0.2, 0.25) is 0 Å². The topological polar surface area (TPSA) is 46.8 Å². The van der Waals surface area contributed by atoms with Gasteiger partial charge in [-0.25, -0.2) is 0 Å². The van der Waals surface area contributed by atoms with Crippen LogP contribution in [0.15, 0.2) is 77.4 Å². The molecule has 1 N–H and O–H groups in total. The van der Waals surface area contributed by atoms with Crippen molar-refractivity contribution in [3.8, 4) is 11.1 Å². The Bertz CT molecular complexity index is 999. The molecule has 0 spiro atoms. The molecule has 124 valence electrons. The van der Waals surface area contributed by atoms with Crippen LogP contribution in [0.5, 0.6) is 0 Å². The third kappa shape index (κ3) is 3.46. The molecule has 25 heavy (non-hydrogen) atoms. The van der Waals surface area contributed by atoms with Crippen molar-refractivity contribution in [2.75, 3.05) is 0 Å². The fraction of sp³-hybridized carbons (Fsp3) is 0.100. The predicted octanol–water partition coefficient (Wildman–Crippen LogP) is 4.84. The van der Waals surface area contributed by atoms with Crippen LogP contribution in [0, 0.1) is 4.77 Å². The molecule has 2 aromatic carbocycles. The van der Waals surface area contributed by atoms with Crippen molar-refractivity contribution in [2.24, 2.45) is 0 Å². The molecule has 0 bridgehead atoms. The molecule has 0 radical (unpaired) electrons. The second kappa shape index (κ2) is 6.91. The molecule has 0 aliphatic carbocycles. The first-order valence-electron chi connectivity index (χ1n) is 8.10. The largest absolute Gasteiger partial charge is 0.467 e. The van der Waals surface area contributed by atoms with E-state index >= 15 is 0 Å². The predicted molar refractivity (Wildman–Crippen MR) is 99.9 cm³/mol. The second-order valence-corrected chi connectivity index (χ2v) is 6.24. The van der Waals surface area contributed by atoms with E-state index in [4.69, 9.17) is 16.6 Å². The summed E-state index contributed by atoms with van der Waals surface area (Å²) in [4.78, 5) is 0. The Morgan fingerprint density at radius 1 is 0.920 bits per heavy atom. The highest BCUT2D eigenvalue weighted by molar-refractivity contribution is 7.71. The van der Waals surface area contributed by atoms with Gasteiger partial charge in [-0.15, -0.1) is 0 Å². The van der Waals surface area contributed by atoms with Crippen LogP contribution in [0.2, 0.25) is 0 Å². The monoisotopic (exact) mass is 347 g/mol. The highest BCUT2D eigenvalue weighted by Gasteiger charge is 2.09. The number of benzene rings is 2. The number of aromatic amines is 1. The van der Waals surface area contributed by atoms with Crippen molar-refractivity contribution in [3.63, 3.8) is 0 Å². The average Bonchev–Trinajstić information content (AvgIpc) is 3.29. The van der Waals surface area contributed by atoms with E-state index in [1.807, 2.05) is 22.8 Å². The summed E-state index contributed by atoms with van der Waals surface area (Å²) in [5.41, 5.74) is 3.61. The Labute approximate surface area is 150 Å². The summed E-state index contributed by atoms with van der Waals surface area (Å²) in [6, 6.07) is 22.7. The second-order valence-electron chi connectivity index (χ2n) is 5.85. The van der Waals surface area contributed by atoms with E-state index in [1.54, 1.807) is 6.26 Å². The van der Waals surface area contributed by atoms with Crippen LogP contribution in [0.1, 0.15) is 17.1 Å². The Hall–Kier alpha value is -2.92. The minimum absolute atomic E-state index is 0.583. The SMILES string of the molecule is S=c1[nH]nc(Cc2ccc(-c3ccccc3)cc2)n1Cc1ccco1. The lowest BCUT2D eigenvalue weighted by molar-refractivity contribution is 0.488. The lowest BCUT2D eigenvalue weighted by atomic mass is 10.0. The highest BCUT2D eigenvalue weighted by atomic mass is 32.1. The molecule has 0 saturated carbocycles. The normalized spacial score (nSPS) is 10.9. The van der Waals surface area contributed by atoms with Crippen LogP contribution in [0.4, 0.5) is 0 Å². The number of furan rings is 1. The number of nitrogens with one attached hydrogen (secondary N) is 1. The zero-order valence-corrected chi connectivity index (χ0v) is 14.4. The van der Waals surface area contributed by atoms with Gasteiger partial charge in [0.15, 0.2) is 4.77 Å². The van der Waals surface area contributed by atoms with Gasteiger partial charge < -0.3 is 4.42 Å². The van der Waals surface area contributed by atoms with Crippen molar-refractivity contribution in [3.05, 3.63) is 94.9 Å². The first-order chi connectivity index (χ1) is 12.3. The van der Waals surface area contributed by atoms with Gasteiger partial charge in [-0.3, -0.25) is 9.67 Å². The summed E-state index contributed by atoms with van der Waals surface area (Å²) in [6.07, 6.45) is 2.38. The van der Waals surface area contributed by atoms with E-state index < -0.39 is 0 Å². The molecule has 4 aromatic rings. The Morgan fingerprint density at radius 3 is 2.40 bits per heavy atom. The van der Waals surface area contributed by atoms with Crippen molar-refractivity contribution in [1.29, 1.82) is 0 Å². The summed E-state index contributed by atoms with van der Waals surface area (Å²) < 4.78 is 8.00. The molecule has 0 unspecified atom stereocenters.